The molecule has 0 aliphatic rings. The van der Waals surface area contributed by atoms with E-state index < -0.39 is 0 Å². The van der Waals surface area contributed by atoms with Crippen LogP contribution in [0.5, 0.6) is 11.5 Å². The van der Waals surface area contributed by atoms with Crippen molar-refractivity contribution in [3.05, 3.63) is 57.6 Å². The minimum atomic E-state index is 0.00634. The number of hydrogen-bond acceptors (Lipinski definition) is 3. The normalized spacial score (nSPS) is 11.4. The lowest BCUT2D eigenvalue weighted by Gasteiger charge is -2.22. The van der Waals surface area contributed by atoms with Crippen LogP contribution in [0.3, 0.4) is 0 Å². The van der Waals surface area contributed by atoms with Crippen molar-refractivity contribution in [2.75, 3.05) is 7.11 Å². The van der Waals surface area contributed by atoms with E-state index in [1.807, 2.05) is 24.3 Å². The molecule has 130 valence electrons. The number of nitrogens with one attached hydrogen (secondary N) is 1. The summed E-state index contributed by atoms with van der Waals surface area (Å²) in [5, 5.41) is 4.64. The Bertz CT molecular complexity index is 676. The summed E-state index contributed by atoms with van der Waals surface area (Å²) in [6.45, 7) is 7.32. The smallest absolute Gasteiger partial charge is 0.166 e. The van der Waals surface area contributed by atoms with Gasteiger partial charge in [0.15, 0.2) is 11.5 Å². The molecule has 24 heavy (non-hydrogen) atoms. The zero-order chi connectivity index (χ0) is 17.7. The van der Waals surface area contributed by atoms with Gasteiger partial charge in [0, 0.05) is 33.3 Å². The summed E-state index contributed by atoms with van der Waals surface area (Å²) in [6.07, 6.45) is 0. The summed E-state index contributed by atoms with van der Waals surface area (Å²) in [5.74, 6) is 1.39. The number of para-hydroxylation sites is 1. The van der Waals surface area contributed by atoms with Gasteiger partial charge in [-0.3, -0.25) is 0 Å². The zero-order valence-corrected chi connectivity index (χ0v) is 16.0. The van der Waals surface area contributed by atoms with Crippen LogP contribution in [0.15, 0.2) is 36.4 Å². The molecule has 0 aliphatic heterocycles. The van der Waals surface area contributed by atoms with Crippen LogP contribution in [0, 0.1) is 0 Å². The highest BCUT2D eigenvalue weighted by Gasteiger charge is 2.15. The van der Waals surface area contributed by atoms with Crippen molar-refractivity contribution in [3.8, 4) is 11.5 Å². The van der Waals surface area contributed by atoms with Gasteiger partial charge in [-0.1, -0.05) is 41.4 Å². The van der Waals surface area contributed by atoms with Crippen molar-refractivity contribution >= 4 is 23.2 Å². The quantitative estimate of drug-likeness (QED) is 0.734. The number of hydrogen-bond donors (Lipinski definition) is 1. The summed E-state index contributed by atoms with van der Waals surface area (Å²) in [7, 11) is 1.63. The summed E-state index contributed by atoms with van der Waals surface area (Å²) in [6, 6.07) is 11.3. The van der Waals surface area contributed by atoms with Gasteiger partial charge in [0.25, 0.3) is 0 Å². The first-order valence-corrected chi connectivity index (χ1v) is 8.54. The molecule has 0 saturated heterocycles. The fraction of sp³-hybridized carbons (Fsp3) is 0.368. The maximum absolute atomic E-state index is 6.22. The fourth-order valence-corrected chi connectivity index (χ4v) is 2.71. The second kappa shape index (κ2) is 8.11. The molecule has 0 saturated carbocycles. The Balaban J connectivity index is 2.24. The van der Waals surface area contributed by atoms with Gasteiger partial charge >= 0.3 is 0 Å². The Hall–Kier alpha value is -1.42. The van der Waals surface area contributed by atoms with Crippen molar-refractivity contribution in [3.63, 3.8) is 0 Å². The van der Waals surface area contributed by atoms with E-state index in [0.717, 1.165) is 11.1 Å². The van der Waals surface area contributed by atoms with Gasteiger partial charge in [0.05, 0.1) is 7.11 Å². The molecule has 2 rings (SSSR count). The van der Waals surface area contributed by atoms with Crippen LogP contribution in [-0.4, -0.2) is 12.6 Å². The molecule has 0 unspecified atom stereocenters. The Morgan fingerprint density at radius 3 is 2.21 bits per heavy atom. The first-order valence-electron chi connectivity index (χ1n) is 7.78. The Labute approximate surface area is 153 Å². The van der Waals surface area contributed by atoms with Crippen molar-refractivity contribution < 1.29 is 9.47 Å². The minimum Gasteiger partial charge on any atom is -0.493 e. The Kier molecular flexibility index (Phi) is 6.39. The van der Waals surface area contributed by atoms with E-state index in [0.29, 0.717) is 28.1 Å². The molecule has 0 fully saturated rings. The van der Waals surface area contributed by atoms with E-state index in [4.69, 9.17) is 32.7 Å². The molecule has 0 spiro atoms. The molecule has 3 nitrogen and oxygen atoms in total. The van der Waals surface area contributed by atoms with E-state index in [-0.39, 0.29) is 12.1 Å². The van der Waals surface area contributed by atoms with Crippen LogP contribution in [0.2, 0.25) is 10.0 Å². The molecule has 0 radical (unpaired) electrons. The standard InChI is InChI=1S/C19H23Cl2NO2/c1-19(2,3)22-11-13-7-5-10-17(23-4)18(13)24-12-14-15(20)8-6-9-16(14)21/h5-10,22H,11-12H2,1-4H3. The van der Waals surface area contributed by atoms with Gasteiger partial charge in [0.1, 0.15) is 6.61 Å². The van der Waals surface area contributed by atoms with Gasteiger partial charge in [0.2, 0.25) is 0 Å². The van der Waals surface area contributed by atoms with Crippen molar-refractivity contribution in [1.82, 2.24) is 5.32 Å². The van der Waals surface area contributed by atoms with E-state index in [9.17, 15) is 0 Å². The van der Waals surface area contributed by atoms with Gasteiger partial charge in [-0.25, -0.2) is 0 Å². The first kappa shape index (κ1) is 18.9. The molecular formula is C19H23Cl2NO2. The van der Waals surface area contributed by atoms with Gasteiger partial charge < -0.3 is 14.8 Å². The molecule has 5 heteroatoms. The average molecular weight is 368 g/mol. The fourth-order valence-electron chi connectivity index (χ4n) is 2.20. The van der Waals surface area contributed by atoms with Gasteiger partial charge in [-0.05, 0) is 39.0 Å². The second-order valence-electron chi connectivity index (χ2n) is 6.54. The molecule has 0 heterocycles. The predicted octanol–water partition coefficient (Wildman–Crippen LogP) is 5.47. The number of rotatable bonds is 6. The van der Waals surface area contributed by atoms with Crippen LogP contribution < -0.4 is 14.8 Å². The maximum Gasteiger partial charge on any atom is 0.166 e. The molecule has 1 N–H and O–H groups in total. The maximum atomic E-state index is 6.22. The van der Waals surface area contributed by atoms with E-state index in [1.54, 1.807) is 19.2 Å². The van der Waals surface area contributed by atoms with Crippen LogP contribution in [-0.2, 0) is 13.2 Å². The van der Waals surface area contributed by atoms with Crippen LogP contribution in [0.1, 0.15) is 31.9 Å². The lowest BCUT2D eigenvalue weighted by molar-refractivity contribution is 0.279. The van der Waals surface area contributed by atoms with E-state index in [1.165, 1.54) is 0 Å². The molecule has 0 aliphatic carbocycles. The number of methoxy groups -OCH3 is 1. The average Bonchev–Trinajstić information content (AvgIpc) is 2.52. The predicted molar refractivity (Wildman–Crippen MR) is 100 cm³/mol. The molecule has 0 atom stereocenters. The first-order chi connectivity index (χ1) is 11.3. The van der Waals surface area contributed by atoms with Crippen molar-refractivity contribution in [1.29, 1.82) is 0 Å². The lowest BCUT2D eigenvalue weighted by Crippen LogP contribution is -2.35. The number of ether oxygens (including phenoxy) is 2. The monoisotopic (exact) mass is 367 g/mol. The highest BCUT2D eigenvalue weighted by atomic mass is 35.5. The van der Waals surface area contributed by atoms with E-state index >= 15 is 0 Å². The third-order valence-corrected chi connectivity index (χ3v) is 4.22. The van der Waals surface area contributed by atoms with Crippen LogP contribution in [0.4, 0.5) is 0 Å². The molecule has 0 aromatic heterocycles. The summed E-state index contributed by atoms with van der Waals surface area (Å²) in [4.78, 5) is 0. The summed E-state index contributed by atoms with van der Waals surface area (Å²) < 4.78 is 11.5. The van der Waals surface area contributed by atoms with Crippen LogP contribution in [0.25, 0.3) is 0 Å². The molecule has 2 aromatic carbocycles. The van der Waals surface area contributed by atoms with Crippen LogP contribution >= 0.6 is 23.2 Å². The Morgan fingerprint density at radius 1 is 1.00 bits per heavy atom. The van der Waals surface area contributed by atoms with Gasteiger partial charge in [-0.2, -0.15) is 0 Å². The highest BCUT2D eigenvalue weighted by Crippen LogP contribution is 2.33. The minimum absolute atomic E-state index is 0.00634. The third-order valence-electron chi connectivity index (χ3n) is 3.51. The van der Waals surface area contributed by atoms with Crippen molar-refractivity contribution in [2.45, 2.75) is 39.5 Å². The molecule has 0 bridgehead atoms. The number of benzene rings is 2. The third kappa shape index (κ3) is 5.04. The van der Waals surface area contributed by atoms with Crippen molar-refractivity contribution in [2.24, 2.45) is 0 Å². The molecule has 0 amide bonds. The highest BCUT2D eigenvalue weighted by molar-refractivity contribution is 6.35. The largest absolute Gasteiger partial charge is 0.493 e. The van der Waals surface area contributed by atoms with Gasteiger partial charge in [-0.15, -0.1) is 0 Å². The topological polar surface area (TPSA) is 30.5 Å². The second-order valence-corrected chi connectivity index (χ2v) is 7.36. The SMILES string of the molecule is COc1cccc(CNC(C)(C)C)c1OCc1c(Cl)cccc1Cl. The zero-order valence-electron chi connectivity index (χ0n) is 14.5. The lowest BCUT2D eigenvalue weighted by atomic mass is 10.1. The number of halogens is 2. The Morgan fingerprint density at radius 2 is 1.62 bits per heavy atom. The summed E-state index contributed by atoms with van der Waals surface area (Å²) in [5.41, 5.74) is 1.79. The summed E-state index contributed by atoms with van der Waals surface area (Å²) >= 11 is 12.4. The van der Waals surface area contributed by atoms with E-state index in [2.05, 4.69) is 26.1 Å². The molecular weight excluding hydrogens is 345 g/mol. The molecule has 2 aromatic rings.